The number of thiophene rings is 1. The summed E-state index contributed by atoms with van der Waals surface area (Å²) in [6.45, 7) is 3.01. The minimum Gasteiger partial charge on any atom is -0.356 e. The average molecular weight is 300 g/mol. The molecule has 1 unspecified atom stereocenters. The van der Waals surface area contributed by atoms with Gasteiger partial charge in [0.05, 0.1) is 5.39 Å². The Bertz CT molecular complexity index is 722. The van der Waals surface area contributed by atoms with E-state index in [1.807, 2.05) is 4.68 Å². The Morgan fingerprint density at radius 2 is 2.29 bits per heavy atom. The van der Waals surface area contributed by atoms with E-state index < -0.39 is 0 Å². The van der Waals surface area contributed by atoms with E-state index in [-0.39, 0.29) is 0 Å². The van der Waals surface area contributed by atoms with E-state index in [2.05, 4.69) is 36.4 Å². The molecule has 0 spiro atoms. The highest BCUT2D eigenvalue weighted by molar-refractivity contribution is 7.16. The quantitative estimate of drug-likeness (QED) is 0.742. The number of nitrogens with zero attached hydrogens (tertiary/aromatic N) is 6. The fraction of sp³-hybridized carbons (Fsp3) is 0.429. The fourth-order valence-corrected chi connectivity index (χ4v) is 3.75. The molecule has 1 saturated heterocycles. The van der Waals surface area contributed by atoms with E-state index in [4.69, 9.17) is 0 Å². The van der Waals surface area contributed by atoms with Crippen LogP contribution >= 0.6 is 11.3 Å². The van der Waals surface area contributed by atoms with E-state index in [1.54, 1.807) is 30.3 Å². The largest absolute Gasteiger partial charge is 0.356 e. The first kappa shape index (κ1) is 12.7. The monoisotopic (exact) mass is 300 g/mol. The molecule has 0 amide bonds. The van der Waals surface area contributed by atoms with Crippen molar-refractivity contribution < 1.29 is 0 Å². The van der Waals surface area contributed by atoms with Crippen LogP contribution in [-0.2, 0) is 6.54 Å². The first-order chi connectivity index (χ1) is 10.4. The van der Waals surface area contributed by atoms with Gasteiger partial charge in [0.25, 0.3) is 0 Å². The SMILES string of the molecule is c1nc(N2CCCC(Cn3cncn3)C2)c2ccsc2n1. The Morgan fingerprint density at radius 1 is 1.29 bits per heavy atom. The predicted molar refractivity (Wildman–Crippen MR) is 82.4 cm³/mol. The zero-order chi connectivity index (χ0) is 14.1. The summed E-state index contributed by atoms with van der Waals surface area (Å²) in [4.78, 5) is 16.3. The molecule has 0 N–H and O–H groups in total. The van der Waals surface area contributed by atoms with Crippen molar-refractivity contribution in [1.29, 1.82) is 0 Å². The maximum absolute atomic E-state index is 4.52. The number of fused-ring (bicyclic) bond motifs is 1. The van der Waals surface area contributed by atoms with Crippen LogP contribution in [0, 0.1) is 5.92 Å². The summed E-state index contributed by atoms with van der Waals surface area (Å²) in [5, 5.41) is 7.47. The highest BCUT2D eigenvalue weighted by atomic mass is 32.1. The third-order valence-electron chi connectivity index (χ3n) is 3.97. The summed E-state index contributed by atoms with van der Waals surface area (Å²) < 4.78 is 1.92. The number of rotatable bonds is 3. The van der Waals surface area contributed by atoms with Crippen molar-refractivity contribution in [2.75, 3.05) is 18.0 Å². The lowest BCUT2D eigenvalue weighted by atomic mass is 9.98. The van der Waals surface area contributed by atoms with E-state index >= 15 is 0 Å². The third kappa shape index (κ3) is 2.49. The van der Waals surface area contributed by atoms with Crippen LogP contribution in [0.4, 0.5) is 5.82 Å². The Balaban J connectivity index is 1.56. The molecule has 3 aromatic heterocycles. The van der Waals surface area contributed by atoms with Gasteiger partial charge >= 0.3 is 0 Å². The standard InChI is InChI=1S/C14H16N6S/c1-2-11(7-20-10-15-8-18-20)6-19(4-1)13-12-3-5-21-14(12)17-9-16-13/h3,5,8-11H,1-2,4,6-7H2. The van der Waals surface area contributed by atoms with E-state index in [0.29, 0.717) is 5.92 Å². The van der Waals surface area contributed by atoms with Crippen LogP contribution in [0.2, 0.25) is 0 Å². The molecule has 1 fully saturated rings. The Kier molecular flexibility index (Phi) is 3.27. The van der Waals surface area contributed by atoms with Gasteiger partial charge in [-0.15, -0.1) is 11.3 Å². The van der Waals surface area contributed by atoms with E-state index in [1.165, 1.54) is 18.2 Å². The third-order valence-corrected chi connectivity index (χ3v) is 4.79. The molecule has 0 aromatic carbocycles. The highest BCUT2D eigenvalue weighted by Gasteiger charge is 2.23. The lowest BCUT2D eigenvalue weighted by molar-refractivity contribution is 0.351. The van der Waals surface area contributed by atoms with Gasteiger partial charge in [0.2, 0.25) is 0 Å². The molecule has 6 nitrogen and oxygen atoms in total. The van der Waals surface area contributed by atoms with Crippen LogP contribution < -0.4 is 4.90 Å². The lowest BCUT2D eigenvalue weighted by Gasteiger charge is -2.33. The molecule has 4 heterocycles. The summed E-state index contributed by atoms with van der Waals surface area (Å²) >= 11 is 1.67. The zero-order valence-electron chi connectivity index (χ0n) is 11.6. The van der Waals surface area contributed by atoms with Gasteiger partial charge in [0.1, 0.15) is 29.6 Å². The van der Waals surface area contributed by atoms with Gasteiger partial charge in [-0.1, -0.05) is 0 Å². The fourth-order valence-electron chi connectivity index (χ4n) is 3.03. The van der Waals surface area contributed by atoms with Gasteiger partial charge in [0.15, 0.2) is 0 Å². The summed E-state index contributed by atoms with van der Waals surface area (Å²) in [5.41, 5.74) is 0. The molecule has 0 saturated carbocycles. The van der Waals surface area contributed by atoms with Gasteiger partial charge < -0.3 is 4.90 Å². The van der Waals surface area contributed by atoms with Gasteiger partial charge in [-0.05, 0) is 30.2 Å². The van der Waals surface area contributed by atoms with Crippen LogP contribution in [0.15, 0.2) is 30.4 Å². The second kappa shape index (κ2) is 5.40. The molecule has 7 heteroatoms. The Hall–Kier alpha value is -2.02. The highest BCUT2D eigenvalue weighted by Crippen LogP contribution is 2.30. The molecular weight excluding hydrogens is 284 g/mol. The molecule has 0 bridgehead atoms. The van der Waals surface area contributed by atoms with Crippen molar-refractivity contribution in [2.45, 2.75) is 19.4 Å². The maximum atomic E-state index is 4.52. The van der Waals surface area contributed by atoms with Crippen molar-refractivity contribution in [3.63, 3.8) is 0 Å². The second-order valence-corrected chi connectivity index (χ2v) is 6.30. The molecular formula is C14H16N6S. The predicted octanol–water partition coefficient (Wildman–Crippen LogP) is 2.20. The van der Waals surface area contributed by atoms with E-state index in [9.17, 15) is 0 Å². The molecule has 21 heavy (non-hydrogen) atoms. The van der Waals surface area contributed by atoms with Gasteiger partial charge in [0, 0.05) is 19.6 Å². The molecule has 0 radical (unpaired) electrons. The van der Waals surface area contributed by atoms with Crippen molar-refractivity contribution in [3.8, 4) is 0 Å². The molecule has 3 aromatic rings. The molecule has 4 rings (SSSR count). The van der Waals surface area contributed by atoms with Gasteiger partial charge in [-0.3, -0.25) is 4.68 Å². The minimum atomic E-state index is 0.587. The number of hydrogen-bond donors (Lipinski definition) is 0. The Labute approximate surface area is 126 Å². The topological polar surface area (TPSA) is 59.7 Å². The van der Waals surface area contributed by atoms with Crippen molar-refractivity contribution >= 4 is 27.4 Å². The van der Waals surface area contributed by atoms with Crippen LogP contribution in [-0.4, -0.2) is 37.8 Å². The van der Waals surface area contributed by atoms with E-state index in [0.717, 1.165) is 30.3 Å². The molecule has 1 aliphatic heterocycles. The van der Waals surface area contributed by atoms with Crippen LogP contribution in [0.25, 0.3) is 10.2 Å². The van der Waals surface area contributed by atoms with Crippen molar-refractivity contribution in [1.82, 2.24) is 24.7 Å². The molecule has 108 valence electrons. The zero-order valence-corrected chi connectivity index (χ0v) is 12.4. The molecule has 1 aliphatic rings. The van der Waals surface area contributed by atoms with Crippen LogP contribution in [0.1, 0.15) is 12.8 Å². The Morgan fingerprint density at radius 3 is 3.19 bits per heavy atom. The normalized spacial score (nSPS) is 19.2. The second-order valence-electron chi connectivity index (χ2n) is 5.41. The van der Waals surface area contributed by atoms with Crippen molar-refractivity contribution in [3.05, 3.63) is 30.4 Å². The summed E-state index contributed by atoms with van der Waals surface area (Å²) in [5.74, 6) is 1.66. The average Bonchev–Trinajstić information content (AvgIpc) is 3.18. The molecule has 0 aliphatic carbocycles. The minimum absolute atomic E-state index is 0.587. The summed E-state index contributed by atoms with van der Waals surface area (Å²) in [6, 6.07) is 2.12. The number of aromatic nitrogens is 5. The van der Waals surface area contributed by atoms with Gasteiger partial charge in [-0.25, -0.2) is 15.0 Å². The van der Waals surface area contributed by atoms with Crippen LogP contribution in [0.5, 0.6) is 0 Å². The lowest BCUT2D eigenvalue weighted by Crippen LogP contribution is -2.37. The summed E-state index contributed by atoms with van der Waals surface area (Å²) in [7, 11) is 0. The maximum Gasteiger partial charge on any atom is 0.140 e. The smallest absolute Gasteiger partial charge is 0.140 e. The van der Waals surface area contributed by atoms with Crippen molar-refractivity contribution in [2.24, 2.45) is 5.92 Å². The number of anilines is 1. The first-order valence-electron chi connectivity index (χ1n) is 7.16. The summed E-state index contributed by atoms with van der Waals surface area (Å²) in [6.07, 6.45) is 7.49. The number of piperidine rings is 1. The number of hydrogen-bond acceptors (Lipinski definition) is 6. The van der Waals surface area contributed by atoms with Gasteiger partial charge in [-0.2, -0.15) is 5.10 Å². The van der Waals surface area contributed by atoms with Crippen LogP contribution in [0.3, 0.4) is 0 Å². The first-order valence-corrected chi connectivity index (χ1v) is 8.03. The molecule has 1 atom stereocenters.